The first-order valence-electron chi connectivity index (χ1n) is 7.90. The van der Waals surface area contributed by atoms with Crippen LogP contribution in [0.25, 0.3) is 0 Å². The van der Waals surface area contributed by atoms with Gasteiger partial charge in [0.15, 0.2) is 0 Å². The Bertz CT molecular complexity index is 291. The van der Waals surface area contributed by atoms with Crippen LogP contribution in [0.5, 0.6) is 0 Å². The van der Waals surface area contributed by atoms with Crippen molar-refractivity contribution < 1.29 is 4.79 Å². The molecule has 104 valence electrons. The summed E-state index contributed by atoms with van der Waals surface area (Å²) in [5.74, 6) is 3.32. The van der Waals surface area contributed by atoms with Crippen molar-refractivity contribution in [3.63, 3.8) is 0 Å². The summed E-state index contributed by atoms with van der Waals surface area (Å²) >= 11 is 0. The van der Waals surface area contributed by atoms with E-state index >= 15 is 0 Å². The van der Waals surface area contributed by atoms with Crippen molar-refractivity contribution in [1.82, 2.24) is 0 Å². The highest BCUT2D eigenvalue weighted by atomic mass is 16.1. The molecule has 2 aliphatic rings. The molecule has 2 aliphatic carbocycles. The summed E-state index contributed by atoms with van der Waals surface area (Å²) in [4.78, 5) is 12.2. The Morgan fingerprint density at radius 3 is 2.17 bits per heavy atom. The van der Waals surface area contributed by atoms with Gasteiger partial charge in [-0.25, -0.2) is 0 Å². The van der Waals surface area contributed by atoms with Gasteiger partial charge in [-0.15, -0.1) is 0 Å². The lowest BCUT2D eigenvalue weighted by Gasteiger charge is -2.41. The van der Waals surface area contributed by atoms with Crippen molar-refractivity contribution in [2.45, 2.75) is 72.6 Å². The maximum Gasteiger partial charge on any atom is 0.136 e. The third-order valence-electron chi connectivity index (χ3n) is 5.55. The molecule has 0 aromatic rings. The molecule has 0 bridgehead atoms. The summed E-state index contributed by atoms with van der Waals surface area (Å²) < 4.78 is 0. The van der Waals surface area contributed by atoms with Gasteiger partial charge in [-0.3, -0.25) is 4.79 Å². The molecular weight excluding hydrogens is 220 g/mol. The molecule has 0 aliphatic heterocycles. The summed E-state index contributed by atoms with van der Waals surface area (Å²) in [6.45, 7) is 9.38. The highest BCUT2D eigenvalue weighted by Crippen LogP contribution is 2.44. The van der Waals surface area contributed by atoms with Gasteiger partial charge < -0.3 is 0 Å². The van der Waals surface area contributed by atoms with E-state index in [-0.39, 0.29) is 0 Å². The SMILES string of the molecule is CC1CCC(C2CC(C(C)(C)C)CCC2=O)CC1. The normalized spacial score (nSPS) is 38.8. The number of ketones is 1. The largest absolute Gasteiger partial charge is 0.299 e. The molecule has 0 aromatic heterocycles. The quantitative estimate of drug-likeness (QED) is 0.650. The number of hydrogen-bond donors (Lipinski definition) is 0. The fourth-order valence-electron chi connectivity index (χ4n) is 3.99. The first-order chi connectivity index (χ1) is 8.38. The van der Waals surface area contributed by atoms with Gasteiger partial charge in [0.1, 0.15) is 5.78 Å². The predicted molar refractivity (Wildman–Crippen MR) is 76.4 cm³/mol. The number of carbonyl (C=O) groups is 1. The van der Waals surface area contributed by atoms with Gasteiger partial charge in [0.25, 0.3) is 0 Å². The summed E-state index contributed by atoms with van der Waals surface area (Å²) in [7, 11) is 0. The van der Waals surface area contributed by atoms with Gasteiger partial charge in [0.2, 0.25) is 0 Å². The van der Waals surface area contributed by atoms with Crippen LogP contribution < -0.4 is 0 Å². The van der Waals surface area contributed by atoms with E-state index in [2.05, 4.69) is 27.7 Å². The first kappa shape index (κ1) is 14.1. The number of carbonyl (C=O) groups excluding carboxylic acids is 1. The minimum absolute atomic E-state index is 0.376. The van der Waals surface area contributed by atoms with Gasteiger partial charge in [0.05, 0.1) is 0 Å². The second-order valence-corrected chi connectivity index (χ2v) is 7.93. The average Bonchev–Trinajstić information content (AvgIpc) is 2.29. The molecule has 2 atom stereocenters. The Morgan fingerprint density at radius 2 is 1.61 bits per heavy atom. The molecule has 18 heavy (non-hydrogen) atoms. The maximum absolute atomic E-state index is 12.2. The van der Waals surface area contributed by atoms with Gasteiger partial charge in [-0.1, -0.05) is 40.5 Å². The zero-order valence-corrected chi connectivity index (χ0v) is 12.7. The zero-order valence-electron chi connectivity index (χ0n) is 12.7. The average molecular weight is 250 g/mol. The van der Waals surface area contributed by atoms with Gasteiger partial charge >= 0.3 is 0 Å². The maximum atomic E-state index is 12.2. The van der Waals surface area contributed by atoms with Crippen LogP contribution in [0.15, 0.2) is 0 Å². The first-order valence-corrected chi connectivity index (χ1v) is 7.90. The van der Waals surface area contributed by atoms with Crippen LogP contribution in [0.3, 0.4) is 0 Å². The minimum atomic E-state index is 0.376. The van der Waals surface area contributed by atoms with E-state index in [0.29, 0.717) is 23.0 Å². The Kier molecular flexibility index (Phi) is 4.18. The Labute approximate surface area is 113 Å². The van der Waals surface area contributed by atoms with Crippen LogP contribution >= 0.6 is 0 Å². The van der Waals surface area contributed by atoms with Crippen LogP contribution in [-0.2, 0) is 4.79 Å². The molecule has 2 saturated carbocycles. The summed E-state index contributed by atoms with van der Waals surface area (Å²) in [6.07, 6.45) is 8.42. The summed E-state index contributed by atoms with van der Waals surface area (Å²) in [5, 5.41) is 0. The van der Waals surface area contributed by atoms with Crippen molar-refractivity contribution in [2.24, 2.45) is 29.1 Å². The molecule has 0 amide bonds. The van der Waals surface area contributed by atoms with Crippen molar-refractivity contribution >= 4 is 5.78 Å². The molecule has 0 heterocycles. The number of rotatable bonds is 1. The number of Topliss-reactive ketones (excluding diaryl/α,β-unsaturated/α-hetero) is 1. The highest BCUT2D eigenvalue weighted by molar-refractivity contribution is 5.82. The molecule has 0 spiro atoms. The third kappa shape index (κ3) is 3.16. The van der Waals surface area contributed by atoms with Crippen LogP contribution in [0.4, 0.5) is 0 Å². The smallest absolute Gasteiger partial charge is 0.136 e. The van der Waals surface area contributed by atoms with E-state index in [0.717, 1.165) is 24.7 Å². The monoisotopic (exact) mass is 250 g/mol. The summed E-state index contributed by atoms with van der Waals surface area (Å²) in [5.41, 5.74) is 0.376. The molecule has 0 aromatic carbocycles. The van der Waals surface area contributed by atoms with Crippen molar-refractivity contribution in [1.29, 1.82) is 0 Å². The van der Waals surface area contributed by atoms with E-state index in [1.54, 1.807) is 0 Å². The zero-order chi connectivity index (χ0) is 13.3. The van der Waals surface area contributed by atoms with E-state index in [4.69, 9.17) is 0 Å². The van der Waals surface area contributed by atoms with E-state index < -0.39 is 0 Å². The molecule has 0 radical (unpaired) electrons. The third-order valence-corrected chi connectivity index (χ3v) is 5.55. The molecule has 0 N–H and O–H groups in total. The van der Waals surface area contributed by atoms with E-state index in [9.17, 15) is 4.79 Å². The van der Waals surface area contributed by atoms with Gasteiger partial charge in [-0.05, 0) is 48.9 Å². The standard InChI is InChI=1S/C17H30O/c1-12-5-7-13(8-6-12)15-11-14(17(2,3)4)9-10-16(15)18/h12-15H,5-11H2,1-4H3. The van der Waals surface area contributed by atoms with E-state index in [1.807, 2.05) is 0 Å². The Morgan fingerprint density at radius 1 is 1.00 bits per heavy atom. The van der Waals surface area contributed by atoms with Crippen LogP contribution in [0.2, 0.25) is 0 Å². The highest BCUT2D eigenvalue weighted by Gasteiger charge is 2.39. The van der Waals surface area contributed by atoms with Gasteiger partial charge in [0, 0.05) is 12.3 Å². The molecule has 1 nitrogen and oxygen atoms in total. The molecule has 2 fully saturated rings. The second-order valence-electron chi connectivity index (χ2n) is 7.93. The van der Waals surface area contributed by atoms with Crippen molar-refractivity contribution in [2.75, 3.05) is 0 Å². The molecule has 1 heteroatoms. The topological polar surface area (TPSA) is 17.1 Å². The fourth-order valence-corrected chi connectivity index (χ4v) is 3.99. The Hall–Kier alpha value is -0.330. The fraction of sp³-hybridized carbons (Fsp3) is 0.941. The van der Waals surface area contributed by atoms with Gasteiger partial charge in [-0.2, -0.15) is 0 Å². The predicted octanol–water partition coefficient (Wildman–Crippen LogP) is 4.84. The Balaban J connectivity index is 1.99. The van der Waals surface area contributed by atoms with Crippen LogP contribution in [0, 0.1) is 29.1 Å². The lowest BCUT2D eigenvalue weighted by molar-refractivity contribution is -0.129. The van der Waals surface area contributed by atoms with Crippen LogP contribution in [0.1, 0.15) is 72.6 Å². The summed E-state index contributed by atoms with van der Waals surface area (Å²) in [6, 6.07) is 0. The second kappa shape index (κ2) is 5.35. The molecule has 2 unspecified atom stereocenters. The molecular formula is C17H30O. The molecule has 0 saturated heterocycles. The van der Waals surface area contributed by atoms with Crippen molar-refractivity contribution in [3.8, 4) is 0 Å². The van der Waals surface area contributed by atoms with E-state index in [1.165, 1.54) is 32.1 Å². The van der Waals surface area contributed by atoms with Crippen molar-refractivity contribution in [3.05, 3.63) is 0 Å². The number of hydrogen-bond acceptors (Lipinski definition) is 1. The lowest BCUT2D eigenvalue weighted by atomic mass is 9.63. The minimum Gasteiger partial charge on any atom is -0.299 e. The van der Waals surface area contributed by atoms with Crippen LogP contribution in [-0.4, -0.2) is 5.78 Å². The molecule has 2 rings (SSSR count). The lowest BCUT2D eigenvalue weighted by Crippen LogP contribution is -2.36.